The molecule has 1 atom stereocenters. The molecular formula is C55H109NO6. The van der Waals surface area contributed by atoms with Crippen LogP contribution in [0.1, 0.15) is 273 Å². The molecule has 0 bridgehead atoms. The Labute approximate surface area is 387 Å². The molecule has 0 saturated carbocycles. The van der Waals surface area contributed by atoms with Gasteiger partial charge >= 0.3 is 11.9 Å². The molecule has 7 nitrogen and oxygen atoms in total. The first-order chi connectivity index (χ1) is 30.4. The Morgan fingerprint density at radius 1 is 0.387 bits per heavy atom. The third-order valence-corrected chi connectivity index (χ3v) is 13.2. The van der Waals surface area contributed by atoms with Gasteiger partial charge in [-0.15, -0.1) is 0 Å². The van der Waals surface area contributed by atoms with Gasteiger partial charge in [-0.2, -0.15) is 0 Å². The number of rotatable bonds is 51. The molecule has 0 aliphatic rings. The maximum atomic E-state index is 12.3. The van der Waals surface area contributed by atoms with Crippen LogP contribution in [0.4, 0.5) is 0 Å². The lowest BCUT2D eigenvalue weighted by Crippen LogP contribution is -2.36. The third kappa shape index (κ3) is 42.8. The molecule has 0 rings (SSSR count). The fraction of sp³-hybridized carbons (Fsp3) is 0.964. The van der Waals surface area contributed by atoms with E-state index in [1.54, 1.807) is 0 Å². The van der Waals surface area contributed by atoms with Gasteiger partial charge in [0.2, 0.25) is 0 Å². The predicted molar refractivity (Wildman–Crippen MR) is 266 cm³/mol. The van der Waals surface area contributed by atoms with Crippen LogP contribution in [0.15, 0.2) is 0 Å². The van der Waals surface area contributed by atoms with Gasteiger partial charge in [0.15, 0.2) is 0 Å². The van der Waals surface area contributed by atoms with Crippen LogP contribution in [0.25, 0.3) is 0 Å². The highest BCUT2D eigenvalue weighted by atomic mass is 16.5. The molecule has 0 aromatic rings. The van der Waals surface area contributed by atoms with E-state index in [1.165, 1.54) is 167 Å². The van der Waals surface area contributed by atoms with Gasteiger partial charge in [0, 0.05) is 32.6 Å². The van der Waals surface area contributed by atoms with Crippen molar-refractivity contribution >= 4 is 11.9 Å². The van der Waals surface area contributed by atoms with Gasteiger partial charge in [0.1, 0.15) is 0 Å². The summed E-state index contributed by atoms with van der Waals surface area (Å²) in [5, 5.41) is 0. The summed E-state index contributed by atoms with van der Waals surface area (Å²) in [5.41, 5.74) is 0. The lowest BCUT2D eigenvalue weighted by molar-refractivity contribution is -0.145. The highest BCUT2D eigenvalue weighted by Gasteiger charge is 2.15. The first-order valence-corrected chi connectivity index (χ1v) is 27.7. The van der Waals surface area contributed by atoms with Crippen molar-refractivity contribution in [3.8, 4) is 0 Å². The van der Waals surface area contributed by atoms with Gasteiger partial charge < -0.3 is 23.8 Å². The average molecular weight is 880 g/mol. The maximum Gasteiger partial charge on any atom is 0.305 e. The Morgan fingerprint density at radius 3 is 1.11 bits per heavy atom. The van der Waals surface area contributed by atoms with E-state index in [-0.39, 0.29) is 18.0 Å². The molecule has 0 spiro atoms. The van der Waals surface area contributed by atoms with E-state index in [0.29, 0.717) is 32.7 Å². The molecule has 0 aliphatic heterocycles. The van der Waals surface area contributed by atoms with Crippen LogP contribution in [0.5, 0.6) is 0 Å². The minimum absolute atomic E-state index is 0.00519. The highest BCUT2D eigenvalue weighted by Crippen LogP contribution is 2.23. The summed E-state index contributed by atoms with van der Waals surface area (Å²) in [5.74, 6) is 1.45. The number of esters is 2. The van der Waals surface area contributed by atoms with Gasteiger partial charge in [0.05, 0.1) is 25.9 Å². The molecule has 62 heavy (non-hydrogen) atoms. The minimum Gasteiger partial charge on any atom is -0.466 e. The van der Waals surface area contributed by atoms with Gasteiger partial charge in [-0.25, -0.2) is 0 Å². The van der Waals surface area contributed by atoms with Crippen molar-refractivity contribution in [3.63, 3.8) is 0 Å². The molecule has 0 amide bonds. The van der Waals surface area contributed by atoms with E-state index >= 15 is 0 Å². The predicted octanol–water partition coefficient (Wildman–Crippen LogP) is 16.2. The molecule has 0 aromatic carbocycles. The Bertz CT molecular complexity index is 892. The van der Waals surface area contributed by atoms with Gasteiger partial charge in [0.25, 0.3) is 0 Å². The monoisotopic (exact) mass is 880 g/mol. The number of hydrogen-bond acceptors (Lipinski definition) is 7. The summed E-state index contributed by atoms with van der Waals surface area (Å²) in [4.78, 5) is 27.0. The smallest absolute Gasteiger partial charge is 0.305 e. The zero-order valence-electron chi connectivity index (χ0n) is 42.7. The van der Waals surface area contributed by atoms with Gasteiger partial charge in [-0.1, -0.05) is 221 Å². The molecule has 0 N–H and O–H groups in total. The van der Waals surface area contributed by atoms with Crippen molar-refractivity contribution in [1.82, 2.24) is 4.90 Å². The fourth-order valence-electron chi connectivity index (χ4n) is 8.78. The molecule has 370 valence electrons. The lowest BCUT2D eigenvalue weighted by Gasteiger charge is -2.25. The molecule has 0 saturated heterocycles. The Kier molecular flexibility index (Phi) is 48.3. The number of carbonyl (C=O) groups is 2. The Balaban J connectivity index is 3.92. The minimum atomic E-state index is 0.00519. The second kappa shape index (κ2) is 49.3. The van der Waals surface area contributed by atoms with Gasteiger partial charge in [-0.3, -0.25) is 9.59 Å². The van der Waals surface area contributed by atoms with Crippen LogP contribution in [-0.2, 0) is 28.5 Å². The van der Waals surface area contributed by atoms with Crippen molar-refractivity contribution in [1.29, 1.82) is 0 Å². The number of ether oxygens (including phenoxy) is 4. The van der Waals surface area contributed by atoms with E-state index in [0.717, 1.165) is 96.1 Å². The van der Waals surface area contributed by atoms with E-state index < -0.39 is 0 Å². The summed E-state index contributed by atoms with van der Waals surface area (Å²) < 4.78 is 23.8. The zero-order valence-corrected chi connectivity index (χ0v) is 42.7. The fourth-order valence-corrected chi connectivity index (χ4v) is 8.78. The number of hydrogen-bond donors (Lipinski definition) is 0. The number of nitrogens with zero attached hydrogens (tertiary/aromatic N) is 1. The maximum absolute atomic E-state index is 12.3. The van der Waals surface area contributed by atoms with Crippen molar-refractivity contribution in [3.05, 3.63) is 0 Å². The SMILES string of the molecule is CCCCCC(CCCCC)CCOC(=O)CCCCCCCCCCOCC(CN(CC)CC)OCCCCCCCCCCC(=O)OCCC(CCCCC)CCCCC. The van der Waals surface area contributed by atoms with Gasteiger partial charge in [-0.05, 0) is 63.5 Å². The summed E-state index contributed by atoms with van der Waals surface area (Å²) >= 11 is 0. The molecule has 7 heteroatoms. The van der Waals surface area contributed by atoms with Crippen molar-refractivity contribution in [2.75, 3.05) is 52.7 Å². The van der Waals surface area contributed by atoms with Crippen LogP contribution in [-0.4, -0.2) is 75.6 Å². The van der Waals surface area contributed by atoms with E-state index in [1.807, 2.05) is 0 Å². The Hall–Kier alpha value is -1.18. The largest absolute Gasteiger partial charge is 0.466 e. The standard InChI is InChI=1S/C55H109NO6/c1-7-13-29-37-51(38-30-14-8-2)43-47-61-54(57)41-33-25-21-17-19-23-27-35-45-59-50-53(49-56(11-5)12-6)60-46-36-28-24-20-18-22-26-34-42-55(58)62-48-44-52(39-31-15-9-3)40-32-16-10-4/h51-53H,7-50H2,1-6H3. The van der Waals surface area contributed by atoms with Crippen molar-refractivity contribution in [2.45, 2.75) is 279 Å². The zero-order chi connectivity index (χ0) is 45.4. The first-order valence-electron chi connectivity index (χ1n) is 27.7. The number of unbranched alkanes of at least 4 members (excludes halogenated alkanes) is 22. The van der Waals surface area contributed by atoms with Crippen LogP contribution >= 0.6 is 0 Å². The number of likely N-dealkylation sites (N-methyl/N-ethyl adjacent to an activating group) is 1. The molecule has 0 radical (unpaired) electrons. The van der Waals surface area contributed by atoms with E-state index in [2.05, 4.69) is 46.4 Å². The van der Waals surface area contributed by atoms with Crippen LogP contribution in [0.2, 0.25) is 0 Å². The molecule has 0 aromatic heterocycles. The van der Waals surface area contributed by atoms with Crippen LogP contribution in [0, 0.1) is 11.8 Å². The molecule has 1 unspecified atom stereocenters. The molecular weight excluding hydrogens is 771 g/mol. The second-order valence-corrected chi connectivity index (χ2v) is 18.9. The second-order valence-electron chi connectivity index (χ2n) is 18.9. The summed E-state index contributed by atoms with van der Waals surface area (Å²) in [6, 6.07) is 0. The third-order valence-electron chi connectivity index (χ3n) is 13.2. The number of carbonyl (C=O) groups excluding carboxylic acids is 2. The summed E-state index contributed by atoms with van der Waals surface area (Å²) in [6.45, 7) is 20.1. The van der Waals surface area contributed by atoms with Crippen LogP contribution < -0.4 is 0 Å². The quantitative estimate of drug-likeness (QED) is 0.0445. The lowest BCUT2D eigenvalue weighted by atomic mass is 9.92. The van der Waals surface area contributed by atoms with E-state index in [9.17, 15) is 9.59 Å². The van der Waals surface area contributed by atoms with Crippen LogP contribution in [0.3, 0.4) is 0 Å². The topological polar surface area (TPSA) is 74.3 Å². The average Bonchev–Trinajstić information content (AvgIpc) is 3.27. The van der Waals surface area contributed by atoms with E-state index in [4.69, 9.17) is 18.9 Å². The molecule has 0 heterocycles. The first kappa shape index (κ1) is 60.8. The molecule has 0 aliphatic carbocycles. The summed E-state index contributed by atoms with van der Waals surface area (Å²) in [6.07, 6.45) is 43.0. The van der Waals surface area contributed by atoms with Crippen molar-refractivity contribution in [2.24, 2.45) is 11.8 Å². The van der Waals surface area contributed by atoms with Crippen molar-refractivity contribution < 1.29 is 28.5 Å². The Morgan fingerprint density at radius 2 is 0.742 bits per heavy atom. The normalized spacial score (nSPS) is 12.3. The molecule has 0 fully saturated rings. The highest BCUT2D eigenvalue weighted by molar-refractivity contribution is 5.69. The summed E-state index contributed by atoms with van der Waals surface area (Å²) in [7, 11) is 0.